The number of morpholine rings is 1. The minimum absolute atomic E-state index is 0.112. The highest BCUT2D eigenvalue weighted by atomic mass is 32.2. The Morgan fingerprint density at radius 1 is 1.39 bits per heavy atom. The second-order valence-corrected chi connectivity index (χ2v) is 5.90. The average molecular weight is 334 g/mol. The SMILES string of the molecule is Nc1nc(SCC(=O)Nc2ccccc2N2CCOCC2)n[nH]1. The quantitative estimate of drug-likeness (QED) is 0.699. The number of ether oxygens (including phenoxy) is 1. The maximum Gasteiger partial charge on any atom is 0.234 e. The number of nitrogens with one attached hydrogen (secondary N) is 2. The number of rotatable bonds is 5. The normalized spacial score (nSPS) is 14.7. The molecule has 23 heavy (non-hydrogen) atoms. The summed E-state index contributed by atoms with van der Waals surface area (Å²) in [5.74, 6) is 0.346. The minimum atomic E-state index is -0.112. The maximum absolute atomic E-state index is 12.2. The fourth-order valence-corrected chi connectivity index (χ4v) is 2.90. The first-order valence-corrected chi connectivity index (χ1v) is 8.23. The predicted octanol–water partition coefficient (Wildman–Crippen LogP) is 0.954. The number of benzene rings is 1. The fourth-order valence-electron chi connectivity index (χ4n) is 2.30. The molecule has 1 aliphatic rings. The van der Waals surface area contributed by atoms with Gasteiger partial charge in [0.2, 0.25) is 17.0 Å². The van der Waals surface area contributed by atoms with Crippen LogP contribution in [0.15, 0.2) is 29.4 Å². The standard InChI is InChI=1S/C14H18N6O2S/c15-13-17-14(19-18-13)23-9-12(21)16-10-3-1-2-4-11(10)20-5-7-22-8-6-20/h1-4H,5-9H2,(H,16,21)(H3,15,17,18,19). The first-order chi connectivity index (χ1) is 11.2. The number of nitrogens with zero attached hydrogens (tertiary/aromatic N) is 3. The van der Waals surface area contributed by atoms with Crippen LogP contribution in [0.4, 0.5) is 17.3 Å². The number of nitrogens with two attached hydrogens (primary N) is 1. The molecule has 1 aromatic heterocycles. The van der Waals surface area contributed by atoms with Crippen molar-refractivity contribution in [2.45, 2.75) is 5.16 Å². The molecule has 122 valence electrons. The number of amides is 1. The van der Waals surface area contributed by atoms with Gasteiger partial charge in [0.05, 0.1) is 30.3 Å². The molecule has 0 atom stereocenters. The van der Waals surface area contributed by atoms with E-state index in [-0.39, 0.29) is 17.6 Å². The van der Waals surface area contributed by atoms with E-state index < -0.39 is 0 Å². The van der Waals surface area contributed by atoms with Gasteiger partial charge in [0.25, 0.3) is 0 Å². The summed E-state index contributed by atoms with van der Waals surface area (Å²) < 4.78 is 5.37. The molecule has 2 aromatic rings. The van der Waals surface area contributed by atoms with Gasteiger partial charge in [0.15, 0.2) is 0 Å². The molecule has 0 unspecified atom stereocenters. The van der Waals surface area contributed by atoms with Gasteiger partial charge in [0, 0.05) is 13.1 Å². The van der Waals surface area contributed by atoms with Crippen LogP contribution < -0.4 is 16.0 Å². The van der Waals surface area contributed by atoms with Crippen molar-refractivity contribution in [3.63, 3.8) is 0 Å². The number of carbonyl (C=O) groups is 1. The maximum atomic E-state index is 12.2. The second-order valence-electron chi connectivity index (χ2n) is 4.96. The van der Waals surface area contributed by atoms with Crippen LogP contribution in [0.25, 0.3) is 0 Å². The first kappa shape index (κ1) is 15.6. The number of hydrogen-bond acceptors (Lipinski definition) is 7. The second kappa shape index (κ2) is 7.34. The zero-order valence-electron chi connectivity index (χ0n) is 12.5. The summed E-state index contributed by atoms with van der Waals surface area (Å²) in [5.41, 5.74) is 7.26. The first-order valence-electron chi connectivity index (χ1n) is 7.24. The van der Waals surface area contributed by atoms with Crippen LogP contribution in [0.5, 0.6) is 0 Å². The molecule has 1 saturated heterocycles. The van der Waals surface area contributed by atoms with E-state index in [4.69, 9.17) is 10.5 Å². The number of aromatic amines is 1. The molecular weight excluding hydrogens is 316 g/mol. The molecule has 8 nitrogen and oxygen atoms in total. The Morgan fingerprint density at radius 3 is 2.91 bits per heavy atom. The van der Waals surface area contributed by atoms with Crippen molar-refractivity contribution in [1.29, 1.82) is 0 Å². The average Bonchev–Trinajstić information content (AvgIpc) is 3.00. The molecule has 1 aromatic carbocycles. The van der Waals surface area contributed by atoms with Gasteiger partial charge in [-0.25, -0.2) is 5.10 Å². The molecule has 9 heteroatoms. The molecule has 1 fully saturated rings. The number of para-hydroxylation sites is 2. The lowest BCUT2D eigenvalue weighted by atomic mass is 10.2. The highest BCUT2D eigenvalue weighted by Crippen LogP contribution is 2.26. The van der Waals surface area contributed by atoms with Crippen molar-refractivity contribution in [3.05, 3.63) is 24.3 Å². The summed E-state index contributed by atoms with van der Waals surface area (Å²) >= 11 is 1.23. The van der Waals surface area contributed by atoms with Crippen LogP contribution >= 0.6 is 11.8 Å². The van der Waals surface area contributed by atoms with Gasteiger partial charge in [-0.3, -0.25) is 4.79 Å². The molecule has 0 spiro atoms. The van der Waals surface area contributed by atoms with Gasteiger partial charge in [0.1, 0.15) is 0 Å². The van der Waals surface area contributed by atoms with Gasteiger partial charge in [-0.2, -0.15) is 4.98 Å². The van der Waals surface area contributed by atoms with Crippen molar-refractivity contribution in [2.75, 3.05) is 48.0 Å². The summed E-state index contributed by atoms with van der Waals surface area (Å²) in [6.07, 6.45) is 0. The zero-order valence-corrected chi connectivity index (χ0v) is 13.3. The van der Waals surface area contributed by atoms with Gasteiger partial charge in [-0.1, -0.05) is 23.9 Å². The Bertz CT molecular complexity index is 671. The summed E-state index contributed by atoms with van der Waals surface area (Å²) in [5, 5.41) is 9.83. The predicted molar refractivity (Wildman–Crippen MR) is 89.6 cm³/mol. The molecule has 3 rings (SSSR count). The van der Waals surface area contributed by atoms with Gasteiger partial charge in [-0.15, -0.1) is 5.10 Å². The van der Waals surface area contributed by atoms with Crippen LogP contribution in [0.2, 0.25) is 0 Å². The molecule has 0 bridgehead atoms. The van der Waals surface area contributed by atoms with E-state index in [9.17, 15) is 4.79 Å². The van der Waals surface area contributed by atoms with Gasteiger partial charge in [-0.05, 0) is 12.1 Å². The fraction of sp³-hybridized carbons (Fsp3) is 0.357. The van der Waals surface area contributed by atoms with Crippen molar-refractivity contribution in [1.82, 2.24) is 15.2 Å². The van der Waals surface area contributed by atoms with Crippen LogP contribution in [0.3, 0.4) is 0 Å². The minimum Gasteiger partial charge on any atom is -0.378 e. The number of hydrogen-bond donors (Lipinski definition) is 3. The molecule has 1 amide bonds. The molecule has 0 saturated carbocycles. The highest BCUT2D eigenvalue weighted by molar-refractivity contribution is 7.99. The van der Waals surface area contributed by atoms with E-state index in [2.05, 4.69) is 25.4 Å². The molecular formula is C14H18N6O2S. The third-order valence-electron chi connectivity index (χ3n) is 3.34. The van der Waals surface area contributed by atoms with E-state index in [1.165, 1.54) is 11.8 Å². The monoisotopic (exact) mass is 334 g/mol. The Kier molecular flexibility index (Phi) is 4.99. The van der Waals surface area contributed by atoms with E-state index in [1.807, 2.05) is 24.3 Å². The van der Waals surface area contributed by atoms with Crippen molar-refractivity contribution in [2.24, 2.45) is 0 Å². The Labute approximate surface area is 137 Å². The summed E-state index contributed by atoms with van der Waals surface area (Å²) in [7, 11) is 0. The Balaban J connectivity index is 1.61. The van der Waals surface area contributed by atoms with Gasteiger partial charge >= 0.3 is 0 Å². The third-order valence-corrected chi connectivity index (χ3v) is 4.19. The number of aromatic nitrogens is 3. The van der Waals surface area contributed by atoms with Gasteiger partial charge < -0.3 is 20.7 Å². The summed E-state index contributed by atoms with van der Waals surface area (Å²) in [4.78, 5) is 18.3. The third kappa shape index (κ3) is 4.14. The largest absolute Gasteiger partial charge is 0.378 e. The number of anilines is 3. The molecule has 1 aliphatic heterocycles. The van der Waals surface area contributed by atoms with Crippen molar-refractivity contribution in [3.8, 4) is 0 Å². The van der Waals surface area contributed by atoms with Crippen LogP contribution in [-0.4, -0.2) is 53.1 Å². The Morgan fingerprint density at radius 2 is 2.17 bits per heavy atom. The summed E-state index contributed by atoms with van der Waals surface area (Å²) in [6, 6.07) is 7.77. The van der Waals surface area contributed by atoms with E-state index >= 15 is 0 Å². The molecule has 4 N–H and O–H groups in total. The van der Waals surface area contributed by atoms with Crippen molar-refractivity contribution >= 4 is 35.0 Å². The number of H-pyrrole nitrogens is 1. The summed E-state index contributed by atoms with van der Waals surface area (Å²) in [6.45, 7) is 3.03. The zero-order chi connectivity index (χ0) is 16.1. The lowest BCUT2D eigenvalue weighted by molar-refractivity contribution is -0.113. The number of thioether (sulfide) groups is 1. The van der Waals surface area contributed by atoms with Crippen LogP contribution in [0, 0.1) is 0 Å². The molecule has 2 heterocycles. The van der Waals surface area contributed by atoms with E-state index in [0.29, 0.717) is 18.4 Å². The van der Waals surface area contributed by atoms with E-state index in [0.717, 1.165) is 24.5 Å². The Hall–Kier alpha value is -2.26. The number of carbonyl (C=O) groups excluding carboxylic acids is 1. The number of nitrogen functional groups attached to an aromatic ring is 1. The smallest absolute Gasteiger partial charge is 0.234 e. The van der Waals surface area contributed by atoms with Crippen molar-refractivity contribution < 1.29 is 9.53 Å². The highest BCUT2D eigenvalue weighted by Gasteiger charge is 2.16. The lowest BCUT2D eigenvalue weighted by Gasteiger charge is -2.30. The molecule has 0 aliphatic carbocycles. The molecule has 0 radical (unpaired) electrons. The topological polar surface area (TPSA) is 109 Å². The van der Waals surface area contributed by atoms with E-state index in [1.54, 1.807) is 0 Å². The van der Waals surface area contributed by atoms with Crippen LogP contribution in [0.1, 0.15) is 0 Å². The lowest BCUT2D eigenvalue weighted by Crippen LogP contribution is -2.36. The van der Waals surface area contributed by atoms with Crippen LogP contribution in [-0.2, 0) is 9.53 Å².